The molecule has 0 atom stereocenters. The molecule has 28 heavy (non-hydrogen) atoms. The van der Waals surface area contributed by atoms with Crippen molar-refractivity contribution in [3.63, 3.8) is 0 Å². The minimum atomic E-state index is -4.62. The van der Waals surface area contributed by atoms with Crippen molar-refractivity contribution in [1.82, 2.24) is 5.16 Å². The van der Waals surface area contributed by atoms with Gasteiger partial charge in [-0.3, -0.25) is 4.79 Å². The largest absolute Gasteiger partial charge is 0.416 e. The zero-order valence-corrected chi connectivity index (χ0v) is 15.5. The highest BCUT2D eigenvalue weighted by atomic mass is 35.5. The number of rotatable bonds is 3. The summed E-state index contributed by atoms with van der Waals surface area (Å²) in [5, 5.41) is 5.83. The lowest BCUT2D eigenvalue weighted by molar-refractivity contribution is -0.137. The topological polar surface area (TPSA) is 55.1 Å². The monoisotopic (exact) mass is 432 g/mol. The van der Waals surface area contributed by atoms with E-state index >= 15 is 0 Å². The number of aryl methyl sites for hydroxylation is 1. The third kappa shape index (κ3) is 3.83. The highest BCUT2D eigenvalue weighted by Gasteiger charge is 2.32. The maximum Gasteiger partial charge on any atom is 0.416 e. The molecule has 2 aromatic carbocycles. The van der Waals surface area contributed by atoms with E-state index in [1.807, 2.05) is 0 Å². The van der Waals surface area contributed by atoms with Gasteiger partial charge in [0, 0.05) is 0 Å². The lowest BCUT2D eigenvalue weighted by Crippen LogP contribution is -2.15. The number of carbonyl (C=O) groups is 1. The van der Waals surface area contributed by atoms with Crippen molar-refractivity contribution < 1.29 is 26.9 Å². The van der Waals surface area contributed by atoms with Crippen LogP contribution in [-0.4, -0.2) is 11.1 Å². The first-order valence-electron chi connectivity index (χ1n) is 7.68. The number of anilines is 1. The van der Waals surface area contributed by atoms with Crippen LogP contribution in [0.5, 0.6) is 0 Å². The van der Waals surface area contributed by atoms with E-state index in [4.69, 9.17) is 27.7 Å². The molecule has 1 aromatic heterocycles. The number of nitrogens with zero attached hydrogens (tertiary/aromatic N) is 1. The second-order valence-corrected chi connectivity index (χ2v) is 6.52. The molecule has 1 heterocycles. The van der Waals surface area contributed by atoms with Gasteiger partial charge in [0.2, 0.25) is 0 Å². The fourth-order valence-electron chi connectivity index (χ4n) is 2.52. The van der Waals surface area contributed by atoms with Gasteiger partial charge in [-0.15, -0.1) is 0 Å². The summed E-state index contributed by atoms with van der Waals surface area (Å²) in [5.74, 6) is -1.60. The van der Waals surface area contributed by atoms with E-state index in [2.05, 4.69) is 10.5 Å². The van der Waals surface area contributed by atoms with Gasteiger partial charge in [-0.05, 0) is 37.3 Å². The summed E-state index contributed by atoms with van der Waals surface area (Å²) in [6.07, 6.45) is -4.62. The van der Waals surface area contributed by atoms with E-state index in [1.54, 1.807) is 0 Å². The zero-order chi connectivity index (χ0) is 20.6. The fraction of sp³-hybridized carbons (Fsp3) is 0.111. The van der Waals surface area contributed by atoms with E-state index in [0.29, 0.717) is 6.07 Å². The zero-order valence-electron chi connectivity index (χ0n) is 14.0. The molecule has 0 aliphatic carbocycles. The third-order valence-corrected chi connectivity index (χ3v) is 4.48. The summed E-state index contributed by atoms with van der Waals surface area (Å²) in [6.45, 7) is 1.40. The smallest absolute Gasteiger partial charge is 0.360 e. The summed E-state index contributed by atoms with van der Waals surface area (Å²) in [4.78, 5) is 12.7. The Hall–Kier alpha value is -2.58. The molecule has 3 aromatic rings. The molecule has 1 N–H and O–H groups in total. The number of carbonyl (C=O) groups excluding carboxylic acids is 1. The van der Waals surface area contributed by atoms with Gasteiger partial charge in [-0.25, -0.2) is 4.39 Å². The molecule has 1 amide bonds. The van der Waals surface area contributed by atoms with E-state index in [0.717, 1.165) is 18.2 Å². The first-order valence-corrected chi connectivity index (χ1v) is 8.44. The molecule has 0 aliphatic heterocycles. The number of hydrogen-bond acceptors (Lipinski definition) is 3. The number of amides is 1. The predicted molar refractivity (Wildman–Crippen MR) is 96.1 cm³/mol. The molecule has 0 unspecified atom stereocenters. The van der Waals surface area contributed by atoms with Crippen LogP contribution in [0.1, 0.15) is 21.7 Å². The highest BCUT2D eigenvalue weighted by Crippen LogP contribution is 2.36. The number of aromatic nitrogens is 1. The SMILES string of the molecule is Cc1onc(-c2c(F)cccc2Cl)c1C(=O)Nc1cc(C(F)(F)F)ccc1Cl. The normalized spacial score (nSPS) is 11.5. The molecule has 10 heteroatoms. The Morgan fingerprint density at radius 3 is 2.50 bits per heavy atom. The third-order valence-electron chi connectivity index (χ3n) is 3.83. The molecular weight excluding hydrogens is 423 g/mol. The molecule has 0 saturated carbocycles. The highest BCUT2D eigenvalue weighted by molar-refractivity contribution is 6.34. The van der Waals surface area contributed by atoms with Crippen molar-refractivity contribution in [3.8, 4) is 11.3 Å². The molecule has 0 aliphatic rings. The minimum Gasteiger partial charge on any atom is -0.360 e. The van der Waals surface area contributed by atoms with Crippen molar-refractivity contribution in [1.29, 1.82) is 0 Å². The van der Waals surface area contributed by atoms with Gasteiger partial charge < -0.3 is 9.84 Å². The number of nitrogens with one attached hydrogen (secondary N) is 1. The molecular formula is C18H10Cl2F4N2O2. The Morgan fingerprint density at radius 1 is 1.14 bits per heavy atom. The van der Waals surface area contributed by atoms with Gasteiger partial charge >= 0.3 is 6.18 Å². The Labute approximate surface area is 166 Å². The second-order valence-electron chi connectivity index (χ2n) is 5.71. The quantitative estimate of drug-likeness (QED) is 0.489. The van der Waals surface area contributed by atoms with Crippen molar-refractivity contribution in [3.05, 3.63) is 69.1 Å². The first kappa shape index (κ1) is 20.2. The van der Waals surface area contributed by atoms with Crippen LogP contribution in [0.4, 0.5) is 23.2 Å². The first-order chi connectivity index (χ1) is 13.1. The lowest BCUT2D eigenvalue weighted by Gasteiger charge is -2.12. The predicted octanol–water partition coefficient (Wildman–Crippen LogP) is 6.37. The summed E-state index contributed by atoms with van der Waals surface area (Å²) >= 11 is 11.9. The molecule has 0 spiro atoms. The molecule has 3 rings (SSSR count). The van der Waals surface area contributed by atoms with Crippen LogP contribution in [0, 0.1) is 12.7 Å². The van der Waals surface area contributed by atoms with E-state index < -0.39 is 23.5 Å². The van der Waals surface area contributed by atoms with Gasteiger partial charge in [0.1, 0.15) is 22.8 Å². The lowest BCUT2D eigenvalue weighted by atomic mass is 10.0. The fourth-order valence-corrected chi connectivity index (χ4v) is 2.93. The van der Waals surface area contributed by atoms with Gasteiger partial charge in [0.15, 0.2) is 0 Å². The van der Waals surface area contributed by atoms with Gasteiger partial charge in [0.05, 0.1) is 26.9 Å². The molecule has 0 bridgehead atoms. The molecule has 0 fully saturated rings. The van der Waals surface area contributed by atoms with Gasteiger partial charge in [-0.1, -0.05) is 34.4 Å². The number of benzene rings is 2. The maximum atomic E-state index is 14.2. The van der Waals surface area contributed by atoms with E-state index in [9.17, 15) is 22.4 Å². The van der Waals surface area contributed by atoms with Crippen LogP contribution < -0.4 is 5.32 Å². The van der Waals surface area contributed by atoms with Gasteiger partial charge in [0.25, 0.3) is 5.91 Å². The van der Waals surface area contributed by atoms with Crippen molar-refractivity contribution in [2.75, 3.05) is 5.32 Å². The maximum absolute atomic E-state index is 14.2. The van der Waals surface area contributed by atoms with E-state index in [-0.39, 0.29) is 38.3 Å². The average molecular weight is 433 g/mol. The second kappa shape index (κ2) is 7.44. The Bertz CT molecular complexity index is 1040. The van der Waals surface area contributed by atoms with Crippen LogP contribution in [0.3, 0.4) is 0 Å². The summed E-state index contributed by atoms with van der Waals surface area (Å²) in [6, 6.07) is 6.38. The van der Waals surface area contributed by atoms with Crippen LogP contribution >= 0.6 is 23.2 Å². The van der Waals surface area contributed by atoms with Crippen molar-refractivity contribution >= 4 is 34.8 Å². The Kier molecular flexibility index (Phi) is 5.36. The summed E-state index contributed by atoms with van der Waals surface area (Å²) < 4.78 is 57.9. The number of alkyl halides is 3. The molecule has 146 valence electrons. The van der Waals surface area contributed by atoms with Crippen molar-refractivity contribution in [2.45, 2.75) is 13.1 Å². The Balaban J connectivity index is 2.03. The van der Waals surface area contributed by atoms with Crippen LogP contribution in [0.2, 0.25) is 10.0 Å². The average Bonchev–Trinajstić information content (AvgIpc) is 2.97. The number of halogens is 6. The molecule has 0 radical (unpaired) electrons. The number of hydrogen-bond donors (Lipinski definition) is 1. The van der Waals surface area contributed by atoms with Crippen LogP contribution in [0.15, 0.2) is 40.9 Å². The molecule has 0 saturated heterocycles. The summed E-state index contributed by atoms with van der Waals surface area (Å²) in [7, 11) is 0. The Morgan fingerprint density at radius 2 is 1.86 bits per heavy atom. The minimum absolute atomic E-state index is 0.0144. The van der Waals surface area contributed by atoms with Crippen LogP contribution in [0.25, 0.3) is 11.3 Å². The van der Waals surface area contributed by atoms with Gasteiger partial charge in [-0.2, -0.15) is 13.2 Å². The van der Waals surface area contributed by atoms with E-state index in [1.165, 1.54) is 19.1 Å². The molecule has 4 nitrogen and oxygen atoms in total. The van der Waals surface area contributed by atoms with Crippen LogP contribution in [-0.2, 0) is 6.18 Å². The summed E-state index contributed by atoms with van der Waals surface area (Å²) in [5.41, 5.74) is -1.79. The standard InChI is InChI=1S/C18H10Cl2F4N2O2/c1-8-14(16(26-28-8)15-11(20)3-2-4-12(15)21)17(27)25-13-7-9(18(22,23)24)5-6-10(13)19/h2-7H,1H3,(H,25,27). The van der Waals surface area contributed by atoms with Crippen molar-refractivity contribution in [2.24, 2.45) is 0 Å².